The molecule has 5 nitrogen and oxygen atoms in total. The van der Waals surface area contributed by atoms with Gasteiger partial charge in [-0.05, 0) is 24.5 Å². The van der Waals surface area contributed by atoms with Crippen LogP contribution in [0.15, 0.2) is 24.4 Å². The number of hydrogen-bond acceptors (Lipinski definition) is 3. The summed E-state index contributed by atoms with van der Waals surface area (Å²) in [4.78, 5) is 12.2. The SMILES string of the molecule is CC(CCO)CNC(=O)c1cn[nH]c1-c1c(F)cccc1F. The van der Waals surface area contributed by atoms with E-state index in [-0.39, 0.29) is 29.3 Å². The third-order valence-electron chi connectivity index (χ3n) is 3.33. The van der Waals surface area contributed by atoms with Gasteiger partial charge in [-0.15, -0.1) is 0 Å². The average Bonchev–Trinajstić information content (AvgIpc) is 2.94. The van der Waals surface area contributed by atoms with Crippen LogP contribution < -0.4 is 5.32 Å². The van der Waals surface area contributed by atoms with Crippen LogP contribution in [0.1, 0.15) is 23.7 Å². The zero-order chi connectivity index (χ0) is 16.1. The fourth-order valence-electron chi connectivity index (χ4n) is 2.07. The maximum atomic E-state index is 13.8. The first-order chi connectivity index (χ1) is 10.5. The van der Waals surface area contributed by atoms with E-state index in [9.17, 15) is 13.6 Å². The third kappa shape index (κ3) is 3.48. The number of nitrogens with one attached hydrogen (secondary N) is 2. The van der Waals surface area contributed by atoms with Gasteiger partial charge in [-0.1, -0.05) is 13.0 Å². The summed E-state index contributed by atoms with van der Waals surface area (Å²) in [5, 5.41) is 17.7. The van der Waals surface area contributed by atoms with Crippen LogP contribution in [-0.4, -0.2) is 34.4 Å². The minimum absolute atomic E-state index is 0.00270. The van der Waals surface area contributed by atoms with Crippen LogP contribution in [-0.2, 0) is 0 Å². The van der Waals surface area contributed by atoms with Gasteiger partial charge in [0.25, 0.3) is 5.91 Å². The predicted molar refractivity (Wildman–Crippen MR) is 77.1 cm³/mol. The molecule has 0 aliphatic carbocycles. The minimum atomic E-state index is -0.771. The van der Waals surface area contributed by atoms with Gasteiger partial charge in [-0.25, -0.2) is 8.78 Å². The van der Waals surface area contributed by atoms with Crippen LogP contribution in [0.2, 0.25) is 0 Å². The number of aliphatic hydroxyl groups is 1. The molecule has 0 saturated heterocycles. The van der Waals surface area contributed by atoms with Crippen molar-refractivity contribution in [3.8, 4) is 11.3 Å². The first-order valence-corrected chi connectivity index (χ1v) is 6.91. The Bertz CT molecular complexity index is 638. The largest absolute Gasteiger partial charge is 0.396 e. The van der Waals surface area contributed by atoms with Crippen molar-refractivity contribution in [3.63, 3.8) is 0 Å². The highest BCUT2D eigenvalue weighted by Crippen LogP contribution is 2.26. The molecule has 0 radical (unpaired) electrons. The molecule has 0 saturated carbocycles. The number of carbonyl (C=O) groups is 1. The summed E-state index contributed by atoms with van der Waals surface area (Å²) >= 11 is 0. The Hall–Kier alpha value is -2.28. The van der Waals surface area contributed by atoms with Gasteiger partial charge >= 0.3 is 0 Å². The van der Waals surface area contributed by atoms with Crippen LogP contribution in [0, 0.1) is 17.6 Å². The van der Waals surface area contributed by atoms with Crippen LogP contribution in [0.3, 0.4) is 0 Å². The topological polar surface area (TPSA) is 78.0 Å². The second-order valence-corrected chi connectivity index (χ2v) is 5.08. The van der Waals surface area contributed by atoms with Gasteiger partial charge in [0.15, 0.2) is 0 Å². The molecule has 0 fully saturated rings. The van der Waals surface area contributed by atoms with Crippen molar-refractivity contribution in [1.29, 1.82) is 0 Å². The number of H-pyrrole nitrogens is 1. The summed E-state index contributed by atoms with van der Waals surface area (Å²) in [6, 6.07) is 3.48. The molecule has 0 bridgehead atoms. The Morgan fingerprint density at radius 1 is 1.41 bits per heavy atom. The van der Waals surface area contributed by atoms with Crippen molar-refractivity contribution >= 4 is 5.91 Å². The lowest BCUT2D eigenvalue weighted by molar-refractivity contribution is 0.0946. The number of aromatic nitrogens is 2. The molecule has 1 atom stereocenters. The molecular weight excluding hydrogens is 292 g/mol. The number of halogens is 2. The van der Waals surface area contributed by atoms with Crippen LogP contribution in [0.5, 0.6) is 0 Å². The van der Waals surface area contributed by atoms with Crippen molar-refractivity contribution in [1.82, 2.24) is 15.5 Å². The highest BCUT2D eigenvalue weighted by atomic mass is 19.1. The van der Waals surface area contributed by atoms with E-state index in [2.05, 4.69) is 15.5 Å². The molecule has 1 amide bonds. The quantitative estimate of drug-likeness (QED) is 0.764. The van der Waals surface area contributed by atoms with Gasteiger partial charge in [0.1, 0.15) is 11.6 Å². The molecule has 7 heteroatoms. The van der Waals surface area contributed by atoms with E-state index >= 15 is 0 Å². The average molecular weight is 309 g/mol. The number of aromatic amines is 1. The molecule has 1 aromatic heterocycles. The van der Waals surface area contributed by atoms with Gasteiger partial charge < -0.3 is 10.4 Å². The second-order valence-electron chi connectivity index (χ2n) is 5.08. The number of carbonyl (C=O) groups excluding carboxylic acids is 1. The summed E-state index contributed by atoms with van der Waals surface area (Å²) in [6.45, 7) is 2.27. The highest BCUT2D eigenvalue weighted by Gasteiger charge is 2.21. The van der Waals surface area contributed by atoms with Crippen molar-refractivity contribution < 1.29 is 18.7 Å². The number of benzene rings is 1. The van der Waals surface area contributed by atoms with Gasteiger partial charge in [0.2, 0.25) is 0 Å². The lowest BCUT2D eigenvalue weighted by Gasteiger charge is -2.11. The van der Waals surface area contributed by atoms with E-state index < -0.39 is 17.5 Å². The lowest BCUT2D eigenvalue weighted by atomic mass is 10.1. The van der Waals surface area contributed by atoms with E-state index in [0.717, 1.165) is 12.1 Å². The molecule has 2 rings (SSSR count). The van der Waals surface area contributed by atoms with E-state index in [0.29, 0.717) is 13.0 Å². The van der Waals surface area contributed by atoms with E-state index in [4.69, 9.17) is 5.11 Å². The molecule has 2 aromatic rings. The Morgan fingerprint density at radius 2 is 2.09 bits per heavy atom. The fourth-order valence-corrected chi connectivity index (χ4v) is 2.07. The number of nitrogens with zero attached hydrogens (tertiary/aromatic N) is 1. The summed E-state index contributed by atoms with van der Waals surface area (Å²) in [5.74, 6) is -1.93. The second kappa shape index (κ2) is 7.13. The smallest absolute Gasteiger partial charge is 0.255 e. The van der Waals surface area contributed by atoms with E-state index in [1.807, 2.05) is 6.92 Å². The maximum absolute atomic E-state index is 13.8. The van der Waals surface area contributed by atoms with Crippen LogP contribution in [0.4, 0.5) is 8.78 Å². The maximum Gasteiger partial charge on any atom is 0.255 e. The van der Waals surface area contributed by atoms with Crippen molar-refractivity contribution in [2.45, 2.75) is 13.3 Å². The predicted octanol–water partition coefficient (Wildman–Crippen LogP) is 2.10. The van der Waals surface area contributed by atoms with E-state index in [1.165, 1.54) is 12.3 Å². The lowest BCUT2D eigenvalue weighted by Crippen LogP contribution is -2.28. The van der Waals surface area contributed by atoms with Gasteiger partial charge in [0, 0.05) is 13.2 Å². The fraction of sp³-hybridized carbons (Fsp3) is 0.333. The molecule has 22 heavy (non-hydrogen) atoms. The Labute approximate surface area is 126 Å². The normalized spacial score (nSPS) is 12.2. The van der Waals surface area contributed by atoms with E-state index in [1.54, 1.807) is 0 Å². The Kier molecular flexibility index (Phi) is 5.21. The number of rotatable bonds is 6. The number of hydrogen-bond donors (Lipinski definition) is 3. The zero-order valence-electron chi connectivity index (χ0n) is 12.1. The first-order valence-electron chi connectivity index (χ1n) is 6.91. The van der Waals surface area contributed by atoms with Crippen molar-refractivity contribution in [3.05, 3.63) is 41.6 Å². The molecule has 118 valence electrons. The summed E-state index contributed by atoms with van der Waals surface area (Å²) in [5.41, 5.74) is -0.239. The third-order valence-corrected chi connectivity index (χ3v) is 3.33. The van der Waals surface area contributed by atoms with Crippen LogP contribution >= 0.6 is 0 Å². The van der Waals surface area contributed by atoms with Crippen LogP contribution in [0.25, 0.3) is 11.3 Å². The Balaban J connectivity index is 2.21. The minimum Gasteiger partial charge on any atom is -0.396 e. The molecular formula is C15H17F2N3O2. The molecule has 1 heterocycles. The molecule has 3 N–H and O–H groups in total. The Morgan fingerprint density at radius 3 is 2.73 bits per heavy atom. The zero-order valence-corrected chi connectivity index (χ0v) is 12.1. The number of amides is 1. The number of aliphatic hydroxyl groups excluding tert-OH is 1. The molecule has 0 spiro atoms. The van der Waals surface area contributed by atoms with Crippen molar-refractivity contribution in [2.75, 3.05) is 13.2 Å². The first kappa shape index (κ1) is 16.1. The summed E-state index contributed by atoms with van der Waals surface area (Å²) in [6.07, 6.45) is 1.79. The van der Waals surface area contributed by atoms with Gasteiger partial charge in [-0.3, -0.25) is 9.89 Å². The van der Waals surface area contributed by atoms with Gasteiger partial charge in [0.05, 0.1) is 23.0 Å². The summed E-state index contributed by atoms with van der Waals surface area (Å²) in [7, 11) is 0. The highest BCUT2D eigenvalue weighted by molar-refractivity contribution is 5.99. The molecule has 0 aliphatic rings. The summed E-state index contributed by atoms with van der Waals surface area (Å²) < 4.78 is 27.6. The molecule has 1 unspecified atom stereocenters. The monoisotopic (exact) mass is 309 g/mol. The standard InChI is InChI=1S/C15H17F2N3O2/c1-9(5-6-21)7-18-15(22)10-8-19-20-14(10)13-11(16)3-2-4-12(13)17/h2-4,8-9,21H,5-7H2,1H3,(H,18,22)(H,19,20). The van der Waals surface area contributed by atoms with Crippen molar-refractivity contribution in [2.24, 2.45) is 5.92 Å². The molecule has 1 aromatic carbocycles. The van der Waals surface area contributed by atoms with Gasteiger partial charge in [-0.2, -0.15) is 5.10 Å². The molecule has 0 aliphatic heterocycles.